The first-order chi connectivity index (χ1) is 12.8. The van der Waals surface area contributed by atoms with Crippen LogP contribution in [0.25, 0.3) is 11.4 Å². The van der Waals surface area contributed by atoms with Gasteiger partial charge < -0.3 is 4.52 Å². The van der Waals surface area contributed by atoms with Gasteiger partial charge in [0.15, 0.2) is 0 Å². The number of piperidine rings is 1. The highest BCUT2D eigenvalue weighted by Crippen LogP contribution is 2.32. The van der Waals surface area contributed by atoms with Crippen molar-refractivity contribution in [2.75, 3.05) is 6.54 Å². The Morgan fingerprint density at radius 1 is 1.19 bits per heavy atom. The molecule has 3 heterocycles. The van der Waals surface area contributed by atoms with Crippen LogP contribution in [0.4, 0.5) is 0 Å². The van der Waals surface area contributed by atoms with E-state index in [4.69, 9.17) is 9.78 Å². The molecule has 0 radical (unpaired) electrons. The molecule has 1 aliphatic heterocycles. The molecule has 1 aromatic carbocycles. The molecule has 3 aromatic rings. The van der Waals surface area contributed by atoms with Crippen LogP contribution in [0.1, 0.15) is 42.5 Å². The lowest BCUT2D eigenvalue weighted by atomic mass is 10.0. The van der Waals surface area contributed by atoms with Crippen LogP contribution >= 0.6 is 0 Å². The first-order valence-electron chi connectivity index (χ1n) is 8.81. The van der Waals surface area contributed by atoms with E-state index in [-0.39, 0.29) is 6.04 Å². The summed E-state index contributed by atoms with van der Waals surface area (Å²) in [7, 11) is 0. The van der Waals surface area contributed by atoms with Crippen molar-refractivity contribution in [3.05, 3.63) is 65.8 Å². The van der Waals surface area contributed by atoms with E-state index in [0.29, 0.717) is 17.3 Å². The number of pyridine rings is 1. The first kappa shape index (κ1) is 16.4. The molecule has 1 atom stereocenters. The molecule has 2 aromatic heterocycles. The Labute approximate surface area is 152 Å². The lowest BCUT2D eigenvalue weighted by molar-refractivity contribution is 0.110. The van der Waals surface area contributed by atoms with Crippen molar-refractivity contribution in [2.24, 2.45) is 0 Å². The van der Waals surface area contributed by atoms with Crippen LogP contribution in [0.15, 0.2) is 53.2 Å². The van der Waals surface area contributed by atoms with Gasteiger partial charge in [-0.1, -0.05) is 29.8 Å². The molecule has 1 saturated heterocycles. The summed E-state index contributed by atoms with van der Waals surface area (Å²) >= 11 is 0. The molecule has 1 aliphatic rings. The third-order valence-corrected chi connectivity index (χ3v) is 4.68. The third kappa shape index (κ3) is 3.48. The standard InChI is InChI=1S/C20H19N5O/c21-13-15-6-5-7-16(12-15)19-23-20(26-24-19)18-9-2-4-11-25(18)14-17-8-1-3-10-22-17/h1,3,5-8,10,12,18H,2,4,9,11,14H2. The molecule has 1 unspecified atom stereocenters. The number of aromatic nitrogens is 3. The Morgan fingerprint density at radius 2 is 2.15 bits per heavy atom. The molecule has 6 heteroatoms. The number of rotatable bonds is 4. The third-order valence-electron chi connectivity index (χ3n) is 4.68. The molecule has 130 valence electrons. The van der Waals surface area contributed by atoms with Gasteiger partial charge in [-0.3, -0.25) is 9.88 Å². The van der Waals surface area contributed by atoms with Crippen molar-refractivity contribution in [3.8, 4) is 17.5 Å². The average molecular weight is 345 g/mol. The number of hydrogen-bond acceptors (Lipinski definition) is 6. The number of nitrogens with zero attached hydrogens (tertiary/aromatic N) is 5. The van der Waals surface area contributed by atoms with E-state index in [1.54, 1.807) is 12.1 Å². The summed E-state index contributed by atoms with van der Waals surface area (Å²) in [5.41, 5.74) is 2.43. The molecule has 1 fully saturated rings. The maximum absolute atomic E-state index is 9.07. The number of nitriles is 1. The van der Waals surface area contributed by atoms with E-state index in [2.05, 4.69) is 26.1 Å². The summed E-state index contributed by atoms with van der Waals surface area (Å²) in [4.78, 5) is 11.4. The molecule has 0 amide bonds. The largest absolute Gasteiger partial charge is 0.337 e. The van der Waals surface area contributed by atoms with E-state index >= 15 is 0 Å². The van der Waals surface area contributed by atoms with Gasteiger partial charge >= 0.3 is 0 Å². The number of likely N-dealkylation sites (tertiary alicyclic amines) is 1. The fraction of sp³-hybridized carbons (Fsp3) is 0.300. The summed E-state index contributed by atoms with van der Waals surface area (Å²) in [6.07, 6.45) is 5.12. The molecule has 0 bridgehead atoms. The highest BCUT2D eigenvalue weighted by atomic mass is 16.5. The summed E-state index contributed by atoms with van der Waals surface area (Å²) in [6, 6.07) is 15.5. The molecule has 0 saturated carbocycles. The van der Waals surface area contributed by atoms with E-state index in [0.717, 1.165) is 43.6 Å². The second-order valence-electron chi connectivity index (χ2n) is 6.45. The van der Waals surface area contributed by atoms with Gasteiger partial charge in [-0.15, -0.1) is 0 Å². The van der Waals surface area contributed by atoms with Crippen LogP contribution in [-0.2, 0) is 6.54 Å². The van der Waals surface area contributed by atoms with E-state index < -0.39 is 0 Å². The van der Waals surface area contributed by atoms with E-state index in [9.17, 15) is 0 Å². The van der Waals surface area contributed by atoms with Crippen LogP contribution in [0.2, 0.25) is 0 Å². The lowest BCUT2D eigenvalue weighted by Crippen LogP contribution is -2.33. The van der Waals surface area contributed by atoms with Crippen molar-refractivity contribution in [1.82, 2.24) is 20.0 Å². The minimum atomic E-state index is 0.103. The number of benzene rings is 1. The van der Waals surface area contributed by atoms with Gasteiger partial charge in [-0.25, -0.2) is 0 Å². The molecule has 4 rings (SSSR count). The quantitative estimate of drug-likeness (QED) is 0.717. The van der Waals surface area contributed by atoms with Crippen molar-refractivity contribution < 1.29 is 4.52 Å². The zero-order chi connectivity index (χ0) is 17.8. The zero-order valence-corrected chi connectivity index (χ0v) is 14.4. The molecule has 0 N–H and O–H groups in total. The molecule has 26 heavy (non-hydrogen) atoms. The molecular formula is C20H19N5O. The second-order valence-corrected chi connectivity index (χ2v) is 6.45. The van der Waals surface area contributed by atoms with Crippen molar-refractivity contribution >= 4 is 0 Å². The van der Waals surface area contributed by atoms with Crippen molar-refractivity contribution in [2.45, 2.75) is 31.8 Å². The fourth-order valence-electron chi connectivity index (χ4n) is 3.38. The Bertz CT molecular complexity index is 915. The second kappa shape index (κ2) is 7.46. The molecule has 6 nitrogen and oxygen atoms in total. The summed E-state index contributed by atoms with van der Waals surface area (Å²) < 4.78 is 5.59. The summed E-state index contributed by atoms with van der Waals surface area (Å²) in [5.74, 6) is 1.17. The smallest absolute Gasteiger partial charge is 0.244 e. The Balaban J connectivity index is 1.57. The fourth-order valence-corrected chi connectivity index (χ4v) is 3.38. The minimum Gasteiger partial charge on any atom is -0.337 e. The highest BCUT2D eigenvalue weighted by molar-refractivity contribution is 5.57. The molecule has 0 aliphatic carbocycles. The number of hydrogen-bond donors (Lipinski definition) is 0. The Kier molecular flexibility index (Phi) is 4.71. The van der Waals surface area contributed by atoms with Crippen molar-refractivity contribution in [3.63, 3.8) is 0 Å². The van der Waals surface area contributed by atoms with Gasteiger partial charge in [0.2, 0.25) is 11.7 Å². The van der Waals surface area contributed by atoms with Gasteiger partial charge in [0, 0.05) is 18.3 Å². The van der Waals surface area contributed by atoms with Gasteiger partial charge in [-0.05, 0) is 43.7 Å². The maximum Gasteiger partial charge on any atom is 0.244 e. The topological polar surface area (TPSA) is 78.8 Å². The predicted octanol–water partition coefficient (Wildman–Crippen LogP) is 3.73. The summed E-state index contributed by atoms with van der Waals surface area (Å²) in [6.45, 7) is 1.76. The SMILES string of the molecule is N#Cc1cccc(-c2noc(C3CCCCN3Cc3ccccn3)n2)c1. The van der Waals surface area contributed by atoms with Gasteiger partial charge in [-0.2, -0.15) is 10.2 Å². The molecule has 0 spiro atoms. The Hall–Kier alpha value is -3.04. The maximum atomic E-state index is 9.07. The van der Waals surface area contributed by atoms with Crippen LogP contribution in [-0.4, -0.2) is 26.6 Å². The predicted molar refractivity (Wildman–Crippen MR) is 95.7 cm³/mol. The zero-order valence-electron chi connectivity index (χ0n) is 14.4. The first-order valence-corrected chi connectivity index (χ1v) is 8.81. The van der Waals surface area contributed by atoms with Crippen molar-refractivity contribution in [1.29, 1.82) is 5.26 Å². The van der Waals surface area contributed by atoms with Crippen LogP contribution in [0.5, 0.6) is 0 Å². The van der Waals surface area contributed by atoms with Crippen LogP contribution in [0.3, 0.4) is 0 Å². The van der Waals surface area contributed by atoms with E-state index in [1.165, 1.54) is 0 Å². The lowest BCUT2D eigenvalue weighted by Gasteiger charge is -2.32. The van der Waals surface area contributed by atoms with E-state index in [1.807, 2.05) is 36.5 Å². The average Bonchev–Trinajstić information content (AvgIpc) is 3.19. The van der Waals surface area contributed by atoms with Crippen LogP contribution in [0, 0.1) is 11.3 Å². The van der Waals surface area contributed by atoms with Crippen LogP contribution < -0.4 is 0 Å². The monoisotopic (exact) mass is 345 g/mol. The van der Waals surface area contributed by atoms with Gasteiger partial charge in [0.05, 0.1) is 23.4 Å². The Morgan fingerprint density at radius 3 is 3.00 bits per heavy atom. The minimum absolute atomic E-state index is 0.103. The normalized spacial score (nSPS) is 17.7. The highest BCUT2D eigenvalue weighted by Gasteiger charge is 2.29. The van der Waals surface area contributed by atoms with Gasteiger partial charge in [0.1, 0.15) is 0 Å². The summed E-state index contributed by atoms with van der Waals surface area (Å²) in [5, 5.41) is 13.2. The molecular weight excluding hydrogens is 326 g/mol. The van der Waals surface area contributed by atoms with Gasteiger partial charge in [0.25, 0.3) is 0 Å².